The Hall–Kier alpha value is -2.04. The minimum absolute atomic E-state index is 0.276. The van der Waals surface area contributed by atoms with Crippen LogP contribution < -0.4 is 10.6 Å². The van der Waals surface area contributed by atoms with Crippen molar-refractivity contribution in [3.05, 3.63) is 36.3 Å². The second-order valence-electron chi connectivity index (χ2n) is 3.21. The number of benzene rings is 1. The number of hydrogen-bond donors (Lipinski definition) is 2. The molecule has 1 heterocycles. The van der Waals surface area contributed by atoms with E-state index in [0.717, 1.165) is 11.4 Å². The minimum atomic E-state index is -0.276. The summed E-state index contributed by atoms with van der Waals surface area (Å²) in [7, 11) is 1.80. The Morgan fingerprint density at radius 1 is 1.47 bits per heavy atom. The highest BCUT2D eigenvalue weighted by molar-refractivity contribution is 5.70. The van der Waals surface area contributed by atoms with Crippen molar-refractivity contribution in [3.8, 4) is 0 Å². The lowest BCUT2D eigenvalue weighted by Crippen LogP contribution is -2.10. The molecule has 0 aliphatic heterocycles. The van der Waals surface area contributed by atoms with Gasteiger partial charge in [0.05, 0.1) is 6.20 Å². The molecule has 3 N–H and O–H groups in total. The summed E-state index contributed by atoms with van der Waals surface area (Å²) >= 11 is 0. The highest BCUT2D eigenvalue weighted by Crippen LogP contribution is 2.26. The number of rotatable bonds is 2. The van der Waals surface area contributed by atoms with Gasteiger partial charge in [0.2, 0.25) is 0 Å². The Labute approximate surface area is 86.5 Å². The second kappa shape index (κ2) is 3.61. The first-order chi connectivity index (χ1) is 7.18. The summed E-state index contributed by atoms with van der Waals surface area (Å²) in [6, 6.07) is 6.29. The van der Waals surface area contributed by atoms with Crippen molar-refractivity contribution in [3.63, 3.8) is 0 Å². The van der Waals surface area contributed by atoms with Gasteiger partial charge in [0.25, 0.3) is 0 Å². The molecule has 0 bridgehead atoms. The summed E-state index contributed by atoms with van der Waals surface area (Å²) < 4.78 is 13.0. The molecule has 1 aromatic heterocycles. The summed E-state index contributed by atoms with van der Waals surface area (Å²) in [5.74, 6) is 0.183. The maximum atomic E-state index is 13.0. The lowest BCUT2D eigenvalue weighted by Gasteiger charge is -2.17. The Morgan fingerprint density at radius 2 is 2.27 bits per heavy atom. The first-order valence-corrected chi connectivity index (χ1v) is 4.46. The molecule has 0 saturated carbocycles. The number of nitrogens with one attached hydrogen (secondary N) is 1. The monoisotopic (exact) mass is 206 g/mol. The molecule has 0 fully saturated rings. The van der Waals surface area contributed by atoms with Crippen LogP contribution in [0.15, 0.2) is 30.5 Å². The minimum Gasteiger partial charge on any atom is -0.382 e. The molecule has 2 aromatic rings. The fourth-order valence-corrected chi connectivity index (χ4v) is 1.38. The van der Waals surface area contributed by atoms with E-state index in [1.807, 2.05) is 0 Å². The number of H-pyrrole nitrogens is 1. The maximum absolute atomic E-state index is 13.0. The Kier molecular flexibility index (Phi) is 2.29. The average molecular weight is 206 g/mol. The zero-order valence-electron chi connectivity index (χ0n) is 8.24. The van der Waals surface area contributed by atoms with Crippen LogP contribution in [0.2, 0.25) is 0 Å². The van der Waals surface area contributed by atoms with Gasteiger partial charge in [-0.05, 0) is 18.2 Å². The molecule has 0 unspecified atom stereocenters. The molecule has 0 aliphatic carbocycles. The molecular formula is C10H11FN4. The number of nitrogens with two attached hydrogens (primary N) is 1. The topological polar surface area (TPSA) is 57.9 Å². The lowest BCUT2D eigenvalue weighted by atomic mass is 10.3. The number of halogens is 1. The van der Waals surface area contributed by atoms with E-state index in [2.05, 4.69) is 10.2 Å². The van der Waals surface area contributed by atoms with Gasteiger partial charge in [0, 0.05) is 12.7 Å². The number of aromatic nitrogens is 2. The molecule has 0 amide bonds. The van der Waals surface area contributed by atoms with Crippen molar-refractivity contribution in [2.45, 2.75) is 0 Å². The van der Waals surface area contributed by atoms with Crippen LogP contribution in [0.4, 0.5) is 21.6 Å². The van der Waals surface area contributed by atoms with Gasteiger partial charge in [0.1, 0.15) is 17.3 Å². The van der Waals surface area contributed by atoms with E-state index in [0.29, 0.717) is 5.82 Å². The van der Waals surface area contributed by atoms with Crippen molar-refractivity contribution in [2.75, 3.05) is 17.7 Å². The molecule has 0 aliphatic rings. The van der Waals surface area contributed by atoms with Crippen LogP contribution >= 0.6 is 0 Å². The van der Waals surface area contributed by atoms with E-state index in [1.54, 1.807) is 30.3 Å². The van der Waals surface area contributed by atoms with Gasteiger partial charge in [0.15, 0.2) is 0 Å². The smallest absolute Gasteiger partial charge is 0.143 e. The first kappa shape index (κ1) is 9.51. The number of nitrogen functional groups attached to an aromatic ring is 1. The van der Waals surface area contributed by atoms with Gasteiger partial charge >= 0.3 is 0 Å². The maximum Gasteiger partial charge on any atom is 0.143 e. The van der Waals surface area contributed by atoms with Gasteiger partial charge in [-0.25, -0.2) is 4.39 Å². The van der Waals surface area contributed by atoms with E-state index < -0.39 is 0 Å². The van der Waals surface area contributed by atoms with E-state index in [4.69, 9.17) is 5.73 Å². The summed E-state index contributed by atoms with van der Waals surface area (Å²) in [5.41, 5.74) is 7.11. The fourth-order valence-electron chi connectivity index (χ4n) is 1.38. The van der Waals surface area contributed by atoms with Crippen molar-refractivity contribution in [1.29, 1.82) is 0 Å². The zero-order valence-corrected chi connectivity index (χ0v) is 8.24. The van der Waals surface area contributed by atoms with Gasteiger partial charge in [-0.1, -0.05) is 6.07 Å². The number of hydrogen-bond acceptors (Lipinski definition) is 3. The zero-order chi connectivity index (χ0) is 10.8. The highest BCUT2D eigenvalue weighted by Gasteiger charge is 2.09. The van der Waals surface area contributed by atoms with Gasteiger partial charge in [-0.15, -0.1) is 0 Å². The van der Waals surface area contributed by atoms with Crippen LogP contribution in [-0.2, 0) is 0 Å². The number of anilines is 3. The molecule has 0 spiro atoms. The molecule has 1 aromatic carbocycles. The van der Waals surface area contributed by atoms with Crippen molar-refractivity contribution >= 4 is 17.2 Å². The molecule has 4 nitrogen and oxygen atoms in total. The number of nitrogens with zero attached hydrogens (tertiary/aromatic N) is 2. The largest absolute Gasteiger partial charge is 0.382 e. The van der Waals surface area contributed by atoms with Crippen LogP contribution in [0.3, 0.4) is 0 Å². The summed E-state index contributed by atoms with van der Waals surface area (Å²) in [6.07, 6.45) is 1.60. The third kappa shape index (κ3) is 1.76. The van der Waals surface area contributed by atoms with E-state index in [1.165, 1.54) is 12.1 Å². The quantitative estimate of drug-likeness (QED) is 0.789. The molecular weight excluding hydrogens is 195 g/mol. The van der Waals surface area contributed by atoms with Gasteiger partial charge < -0.3 is 10.6 Å². The Morgan fingerprint density at radius 3 is 2.87 bits per heavy atom. The standard InChI is InChI=1S/C10H11FN4/c1-15(9-6-13-14-10(9)12)8-4-2-3-7(11)5-8/h2-6H,1H3,(H3,12,13,14). The van der Waals surface area contributed by atoms with Crippen LogP contribution in [0.1, 0.15) is 0 Å². The molecule has 15 heavy (non-hydrogen) atoms. The Balaban J connectivity index is 2.36. The average Bonchev–Trinajstić information content (AvgIpc) is 2.63. The van der Waals surface area contributed by atoms with Gasteiger partial charge in [-0.3, -0.25) is 5.10 Å². The predicted octanol–water partition coefficient (Wildman–Crippen LogP) is 1.90. The summed E-state index contributed by atoms with van der Waals surface area (Å²) in [6.45, 7) is 0. The SMILES string of the molecule is CN(c1cccc(F)c1)c1cn[nH]c1N. The fraction of sp³-hybridized carbons (Fsp3) is 0.100. The summed E-state index contributed by atoms with van der Waals surface area (Å²) in [5, 5.41) is 6.43. The third-order valence-electron chi connectivity index (χ3n) is 2.20. The van der Waals surface area contributed by atoms with E-state index in [9.17, 15) is 4.39 Å². The van der Waals surface area contributed by atoms with Crippen molar-refractivity contribution in [1.82, 2.24) is 10.2 Å². The van der Waals surface area contributed by atoms with Crippen LogP contribution in [0, 0.1) is 5.82 Å². The third-order valence-corrected chi connectivity index (χ3v) is 2.20. The molecule has 0 atom stereocenters. The molecule has 0 saturated heterocycles. The highest BCUT2D eigenvalue weighted by atomic mass is 19.1. The van der Waals surface area contributed by atoms with Crippen molar-refractivity contribution < 1.29 is 4.39 Å². The normalized spacial score (nSPS) is 10.3. The van der Waals surface area contributed by atoms with Crippen LogP contribution in [0.25, 0.3) is 0 Å². The van der Waals surface area contributed by atoms with Crippen molar-refractivity contribution in [2.24, 2.45) is 0 Å². The molecule has 0 radical (unpaired) electrons. The van der Waals surface area contributed by atoms with E-state index in [-0.39, 0.29) is 5.82 Å². The first-order valence-electron chi connectivity index (χ1n) is 4.46. The van der Waals surface area contributed by atoms with Crippen LogP contribution in [-0.4, -0.2) is 17.2 Å². The molecule has 5 heteroatoms. The Bertz CT molecular complexity index is 466. The molecule has 2 rings (SSSR count). The second-order valence-corrected chi connectivity index (χ2v) is 3.21. The number of aromatic amines is 1. The summed E-state index contributed by atoms with van der Waals surface area (Å²) in [4.78, 5) is 1.77. The van der Waals surface area contributed by atoms with Crippen LogP contribution in [0.5, 0.6) is 0 Å². The van der Waals surface area contributed by atoms with E-state index >= 15 is 0 Å². The predicted molar refractivity (Wildman–Crippen MR) is 57.5 cm³/mol. The van der Waals surface area contributed by atoms with Gasteiger partial charge in [-0.2, -0.15) is 5.10 Å². The molecule has 78 valence electrons. The lowest BCUT2D eigenvalue weighted by molar-refractivity contribution is 0.628.